The number of aliphatic hydroxyl groups excluding tert-OH is 1. The number of alkyl halides is 3. The molecule has 1 aromatic carbocycles. The molecule has 0 spiro atoms. The molecule has 0 saturated heterocycles. The molecule has 10 nitrogen and oxygen atoms in total. The molecule has 2 N–H and O–H groups in total. The molecule has 2 amide bonds. The molecular weight excluding hydrogens is 567 g/mol. The number of anilines is 1. The summed E-state index contributed by atoms with van der Waals surface area (Å²) in [4.78, 5) is 27.6. The molecule has 0 radical (unpaired) electrons. The molecule has 0 aliphatic carbocycles. The number of fused-ring (bicyclic) bond motifs is 1. The average molecular weight is 610 g/mol. The quantitative estimate of drug-likeness (QED) is 0.461. The number of benzene rings is 1. The lowest BCUT2D eigenvalue weighted by Gasteiger charge is -2.35. The first-order chi connectivity index (χ1) is 19.0. The summed E-state index contributed by atoms with van der Waals surface area (Å²) >= 11 is 0. The molecule has 234 valence electrons. The highest BCUT2D eigenvalue weighted by molar-refractivity contribution is 7.88. The second kappa shape index (κ2) is 15.2. The van der Waals surface area contributed by atoms with Gasteiger partial charge in [0.2, 0.25) is 15.9 Å². The highest BCUT2D eigenvalue weighted by atomic mass is 32.2. The van der Waals surface area contributed by atoms with Crippen molar-refractivity contribution >= 4 is 27.5 Å². The third-order valence-corrected chi connectivity index (χ3v) is 8.26. The van der Waals surface area contributed by atoms with Gasteiger partial charge in [-0.2, -0.15) is 13.2 Å². The summed E-state index contributed by atoms with van der Waals surface area (Å²) in [5.41, 5.74) is 0.197. The minimum Gasteiger partial charge on any atom is -0.490 e. The van der Waals surface area contributed by atoms with Gasteiger partial charge in [0, 0.05) is 44.8 Å². The van der Waals surface area contributed by atoms with E-state index in [1.54, 1.807) is 6.92 Å². The van der Waals surface area contributed by atoms with E-state index in [4.69, 9.17) is 9.47 Å². The molecule has 1 aliphatic rings. The average Bonchev–Trinajstić information content (AvgIpc) is 2.88. The number of rotatable bonds is 8. The number of nitrogens with zero attached hydrogens (tertiary/aromatic N) is 2. The van der Waals surface area contributed by atoms with E-state index in [0.717, 1.165) is 12.7 Å². The standard InChI is InChI=1S/C27H42F3N3O7S/c1-18-15-33(19(2)17-34)26(36)22-14-21(31-25(35)11-12-27(28,29)30)9-10-23(22)40-20(3)8-6-7-13-39-24(18)16-32(4)41(5,37)38/h9-10,14,18-20,24,34H,6-8,11-13,15-17H2,1-5H3,(H,31,35)/t18-,19-,20+,24-/m0/s1. The smallest absolute Gasteiger partial charge is 0.389 e. The molecule has 1 aliphatic heterocycles. The van der Waals surface area contributed by atoms with Crippen molar-refractivity contribution < 1.29 is 45.8 Å². The molecule has 0 fully saturated rings. The fourth-order valence-electron chi connectivity index (χ4n) is 4.33. The maximum atomic E-state index is 14.0. The van der Waals surface area contributed by atoms with Crippen LogP contribution < -0.4 is 10.1 Å². The van der Waals surface area contributed by atoms with Gasteiger partial charge >= 0.3 is 6.18 Å². The first-order valence-electron chi connectivity index (χ1n) is 13.6. The Bertz CT molecular complexity index is 1130. The molecule has 1 aromatic rings. The Labute approximate surface area is 240 Å². The summed E-state index contributed by atoms with van der Waals surface area (Å²) in [5.74, 6) is -1.50. The third-order valence-electron chi connectivity index (χ3n) is 6.97. The van der Waals surface area contributed by atoms with E-state index in [1.165, 1.54) is 34.5 Å². The number of sulfonamides is 1. The van der Waals surface area contributed by atoms with E-state index in [9.17, 15) is 36.3 Å². The molecule has 2 rings (SSSR count). The number of carbonyl (C=O) groups is 2. The Morgan fingerprint density at radius 2 is 1.95 bits per heavy atom. The van der Waals surface area contributed by atoms with Crippen molar-refractivity contribution in [3.8, 4) is 5.75 Å². The predicted molar refractivity (Wildman–Crippen MR) is 148 cm³/mol. The summed E-state index contributed by atoms with van der Waals surface area (Å²) < 4.78 is 75.3. The number of carbonyl (C=O) groups excluding carboxylic acids is 2. The van der Waals surface area contributed by atoms with Crippen LogP contribution in [-0.2, 0) is 19.6 Å². The molecule has 4 atom stereocenters. The number of hydrogen-bond acceptors (Lipinski definition) is 7. The third kappa shape index (κ3) is 11.4. The topological polar surface area (TPSA) is 125 Å². The molecule has 1 heterocycles. The maximum absolute atomic E-state index is 14.0. The van der Waals surface area contributed by atoms with Crippen LogP contribution in [-0.4, -0.2) is 98.6 Å². The fourth-order valence-corrected chi connectivity index (χ4v) is 4.75. The van der Waals surface area contributed by atoms with Crippen LogP contribution in [0.5, 0.6) is 5.75 Å². The predicted octanol–water partition coefficient (Wildman–Crippen LogP) is 3.65. The Balaban J connectivity index is 2.46. The molecule has 0 saturated carbocycles. The van der Waals surface area contributed by atoms with Gasteiger partial charge in [0.1, 0.15) is 5.75 Å². The molecule has 41 heavy (non-hydrogen) atoms. The van der Waals surface area contributed by atoms with Gasteiger partial charge in [-0.25, -0.2) is 12.7 Å². The number of aliphatic hydroxyl groups is 1. The molecule has 0 bridgehead atoms. The van der Waals surface area contributed by atoms with E-state index >= 15 is 0 Å². The van der Waals surface area contributed by atoms with Gasteiger partial charge in [-0.05, 0) is 51.3 Å². The molecule has 0 aromatic heterocycles. The second-order valence-corrected chi connectivity index (χ2v) is 12.8. The van der Waals surface area contributed by atoms with Crippen molar-refractivity contribution in [2.24, 2.45) is 5.92 Å². The van der Waals surface area contributed by atoms with Crippen LogP contribution in [0, 0.1) is 5.92 Å². The van der Waals surface area contributed by atoms with Gasteiger partial charge in [-0.1, -0.05) is 6.92 Å². The number of halogens is 3. The lowest BCUT2D eigenvalue weighted by Crippen LogP contribution is -2.47. The van der Waals surface area contributed by atoms with Crippen molar-refractivity contribution in [1.82, 2.24) is 9.21 Å². The van der Waals surface area contributed by atoms with Gasteiger partial charge < -0.3 is 24.8 Å². The van der Waals surface area contributed by atoms with Gasteiger partial charge in [0.05, 0.1) is 43.1 Å². The number of likely N-dealkylation sites (N-methyl/N-ethyl adjacent to an activating group) is 1. The normalized spacial score (nSPS) is 22.4. The van der Waals surface area contributed by atoms with Gasteiger partial charge in [0.15, 0.2) is 0 Å². The van der Waals surface area contributed by atoms with Crippen molar-refractivity contribution in [3.05, 3.63) is 23.8 Å². The fraction of sp³-hybridized carbons (Fsp3) is 0.704. The largest absolute Gasteiger partial charge is 0.490 e. The van der Waals surface area contributed by atoms with Gasteiger partial charge in [0.25, 0.3) is 5.91 Å². The lowest BCUT2D eigenvalue weighted by molar-refractivity contribution is -0.142. The minimum atomic E-state index is -4.48. The zero-order valence-corrected chi connectivity index (χ0v) is 25.1. The maximum Gasteiger partial charge on any atom is 0.389 e. The summed E-state index contributed by atoms with van der Waals surface area (Å²) in [7, 11) is -2.03. The number of ether oxygens (including phenoxy) is 2. The lowest BCUT2D eigenvalue weighted by atomic mass is 10.0. The monoisotopic (exact) mass is 609 g/mol. The highest BCUT2D eigenvalue weighted by Crippen LogP contribution is 2.29. The van der Waals surface area contributed by atoms with Crippen molar-refractivity contribution in [1.29, 1.82) is 0 Å². The Hall–Kier alpha value is -2.42. The highest BCUT2D eigenvalue weighted by Gasteiger charge is 2.32. The summed E-state index contributed by atoms with van der Waals surface area (Å²) in [6, 6.07) is 3.66. The molecular formula is C27H42F3N3O7S. The van der Waals surface area contributed by atoms with Crippen LogP contribution >= 0.6 is 0 Å². The van der Waals surface area contributed by atoms with E-state index < -0.39 is 53.0 Å². The number of amides is 2. The Morgan fingerprint density at radius 1 is 1.27 bits per heavy atom. The van der Waals surface area contributed by atoms with Crippen LogP contribution in [0.4, 0.5) is 18.9 Å². The van der Waals surface area contributed by atoms with Crippen LogP contribution in [0.1, 0.15) is 63.2 Å². The first kappa shape index (κ1) is 34.8. The number of nitrogens with one attached hydrogen (secondary N) is 1. The Kier molecular flexibility index (Phi) is 12.9. The SMILES string of the molecule is C[C@@H]1CCCCO[C@@H](CN(C)S(C)(=O)=O)[C@@H](C)CN([C@@H](C)CO)C(=O)c2cc(NC(=O)CCC(F)(F)F)ccc2O1. The van der Waals surface area contributed by atoms with Crippen molar-refractivity contribution in [2.75, 3.05) is 44.9 Å². The summed E-state index contributed by atoms with van der Waals surface area (Å²) in [5, 5.41) is 12.4. The molecule has 14 heteroatoms. The van der Waals surface area contributed by atoms with Gasteiger partial charge in [-0.15, -0.1) is 0 Å². The zero-order valence-electron chi connectivity index (χ0n) is 24.2. The van der Waals surface area contributed by atoms with Crippen molar-refractivity contribution in [3.63, 3.8) is 0 Å². The van der Waals surface area contributed by atoms with Crippen molar-refractivity contribution in [2.45, 2.75) is 77.3 Å². The summed E-state index contributed by atoms with van der Waals surface area (Å²) in [6.07, 6.45) is -4.20. The van der Waals surface area contributed by atoms with E-state index in [0.29, 0.717) is 19.4 Å². The Morgan fingerprint density at radius 3 is 2.56 bits per heavy atom. The van der Waals surface area contributed by atoms with E-state index in [1.807, 2.05) is 13.8 Å². The van der Waals surface area contributed by atoms with Crippen LogP contribution in [0.3, 0.4) is 0 Å². The zero-order chi connectivity index (χ0) is 31.0. The summed E-state index contributed by atoms with van der Waals surface area (Å²) in [6.45, 7) is 5.50. The van der Waals surface area contributed by atoms with Gasteiger partial charge in [-0.3, -0.25) is 9.59 Å². The van der Waals surface area contributed by atoms with Crippen LogP contribution in [0.2, 0.25) is 0 Å². The van der Waals surface area contributed by atoms with Crippen LogP contribution in [0.15, 0.2) is 18.2 Å². The van der Waals surface area contributed by atoms with E-state index in [2.05, 4.69) is 5.32 Å². The number of hydrogen-bond donors (Lipinski definition) is 2. The second-order valence-electron chi connectivity index (χ2n) is 10.7. The first-order valence-corrected chi connectivity index (χ1v) is 15.5. The molecule has 0 unspecified atom stereocenters. The minimum absolute atomic E-state index is 0.0692. The van der Waals surface area contributed by atoms with E-state index in [-0.39, 0.29) is 48.7 Å². The van der Waals surface area contributed by atoms with Crippen LogP contribution in [0.25, 0.3) is 0 Å².